The Kier molecular flexibility index (Phi) is 6.82. The van der Waals surface area contributed by atoms with Crippen molar-refractivity contribution in [1.29, 1.82) is 0 Å². The second kappa shape index (κ2) is 8.62. The van der Waals surface area contributed by atoms with Crippen LogP contribution >= 0.6 is 0 Å². The van der Waals surface area contributed by atoms with Crippen molar-refractivity contribution in [3.63, 3.8) is 0 Å². The fourth-order valence-electron chi connectivity index (χ4n) is 3.17. The maximum Gasteiger partial charge on any atom is 0.252 e. The van der Waals surface area contributed by atoms with Crippen LogP contribution in [0.1, 0.15) is 38.5 Å². The number of aliphatic hydroxyl groups is 2. The summed E-state index contributed by atoms with van der Waals surface area (Å²) in [7, 11) is 0. The zero-order valence-electron chi connectivity index (χ0n) is 13.0. The Balaban J connectivity index is 1.81. The third-order valence-electron chi connectivity index (χ3n) is 4.50. The second-order valence-corrected chi connectivity index (χ2v) is 6.21. The summed E-state index contributed by atoms with van der Waals surface area (Å²) in [6.07, 6.45) is 5.03. The van der Waals surface area contributed by atoms with Crippen LogP contribution in [0, 0.1) is 0 Å². The van der Waals surface area contributed by atoms with Crippen molar-refractivity contribution in [2.24, 2.45) is 0 Å². The Morgan fingerprint density at radius 3 is 2.50 bits per heavy atom. The van der Waals surface area contributed by atoms with Gasteiger partial charge in [0.1, 0.15) is 12.2 Å². The average molecular weight is 312 g/mol. The van der Waals surface area contributed by atoms with E-state index < -0.39 is 30.3 Å². The molecule has 6 nitrogen and oxygen atoms in total. The van der Waals surface area contributed by atoms with Crippen molar-refractivity contribution in [2.75, 3.05) is 13.1 Å². The Morgan fingerprint density at radius 2 is 1.86 bits per heavy atom. The normalized spacial score (nSPS) is 33.4. The molecule has 0 unspecified atom stereocenters. The van der Waals surface area contributed by atoms with Gasteiger partial charge in [-0.05, 0) is 12.8 Å². The summed E-state index contributed by atoms with van der Waals surface area (Å²) in [4.78, 5) is 11.9. The molecule has 0 bridgehead atoms. The Hall–Kier alpha value is -0.950. The first-order chi connectivity index (χ1) is 10.6. The van der Waals surface area contributed by atoms with E-state index in [-0.39, 0.29) is 0 Å². The third kappa shape index (κ3) is 4.52. The summed E-state index contributed by atoms with van der Waals surface area (Å²) in [6.45, 7) is 4.28. The van der Waals surface area contributed by atoms with Crippen molar-refractivity contribution in [3.05, 3.63) is 12.7 Å². The lowest BCUT2D eigenvalue weighted by molar-refractivity contribution is -0.135. The molecular weight excluding hydrogens is 284 g/mol. The summed E-state index contributed by atoms with van der Waals surface area (Å²) in [6, 6.07) is 0.434. The second-order valence-electron chi connectivity index (χ2n) is 6.21. The van der Waals surface area contributed by atoms with Crippen LogP contribution in [0.25, 0.3) is 0 Å². The van der Waals surface area contributed by atoms with Gasteiger partial charge in [0, 0.05) is 19.1 Å². The number of rotatable bonds is 6. The van der Waals surface area contributed by atoms with E-state index in [1.165, 1.54) is 25.7 Å². The van der Waals surface area contributed by atoms with Crippen molar-refractivity contribution in [3.8, 4) is 0 Å². The van der Waals surface area contributed by atoms with Crippen LogP contribution in [0.2, 0.25) is 0 Å². The highest BCUT2D eigenvalue weighted by Gasteiger charge is 2.46. The predicted molar refractivity (Wildman–Crippen MR) is 83.4 cm³/mol. The maximum absolute atomic E-state index is 11.9. The van der Waals surface area contributed by atoms with Crippen molar-refractivity contribution in [1.82, 2.24) is 10.6 Å². The van der Waals surface area contributed by atoms with Crippen LogP contribution in [0.3, 0.4) is 0 Å². The van der Waals surface area contributed by atoms with E-state index in [0.717, 1.165) is 12.8 Å². The highest BCUT2D eigenvalue weighted by atomic mass is 16.5. The van der Waals surface area contributed by atoms with Gasteiger partial charge in [0.2, 0.25) is 0 Å². The highest BCUT2D eigenvalue weighted by Crippen LogP contribution is 2.22. The highest BCUT2D eigenvalue weighted by molar-refractivity contribution is 5.82. The minimum atomic E-state index is -1.19. The average Bonchev–Trinajstić information content (AvgIpc) is 2.73. The molecule has 4 N–H and O–H groups in total. The molecule has 2 aliphatic rings. The van der Waals surface area contributed by atoms with Crippen LogP contribution in [-0.4, -0.2) is 59.7 Å². The molecule has 1 amide bonds. The molecule has 6 heteroatoms. The van der Waals surface area contributed by atoms with Crippen molar-refractivity contribution >= 4 is 5.91 Å². The Morgan fingerprint density at radius 1 is 1.18 bits per heavy atom. The molecule has 0 radical (unpaired) electrons. The molecule has 0 aromatic heterocycles. The first-order valence-corrected chi connectivity index (χ1v) is 8.27. The van der Waals surface area contributed by atoms with E-state index in [4.69, 9.17) is 4.74 Å². The van der Waals surface area contributed by atoms with Gasteiger partial charge in [-0.15, -0.1) is 6.58 Å². The molecule has 0 spiro atoms. The van der Waals surface area contributed by atoms with E-state index in [1.807, 2.05) is 0 Å². The molecule has 1 aliphatic carbocycles. The third-order valence-corrected chi connectivity index (χ3v) is 4.50. The molecule has 1 saturated carbocycles. The van der Waals surface area contributed by atoms with E-state index in [2.05, 4.69) is 17.2 Å². The molecule has 0 aromatic carbocycles. The number of aliphatic hydroxyl groups excluding tert-OH is 2. The molecule has 1 aliphatic heterocycles. The van der Waals surface area contributed by atoms with Gasteiger partial charge in [-0.1, -0.05) is 31.8 Å². The number of carbonyl (C=O) groups excluding carboxylic acids is 1. The molecular formula is C16H28N2O4. The zero-order valence-corrected chi connectivity index (χ0v) is 13.0. The SMILES string of the molecule is C=CCNC(=O)[C@H]1O[C@H](CNC2CCCCCC2)[C@@H](O)[C@@H]1O. The number of nitrogens with one attached hydrogen (secondary N) is 2. The van der Waals surface area contributed by atoms with Crippen molar-refractivity contribution < 1.29 is 19.7 Å². The molecule has 2 fully saturated rings. The lowest BCUT2D eigenvalue weighted by Gasteiger charge is -2.21. The largest absolute Gasteiger partial charge is 0.388 e. The Labute approximate surface area is 131 Å². The van der Waals surface area contributed by atoms with Gasteiger partial charge in [0.15, 0.2) is 6.10 Å². The molecule has 0 aromatic rings. The molecule has 1 saturated heterocycles. The van der Waals surface area contributed by atoms with Gasteiger partial charge < -0.3 is 25.6 Å². The minimum Gasteiger partial charge on any atom is -0.388 e. The number of carbonyl (C=O) groups is 1. The fourth-order valence-corrected chi connectivity index (χ4v) is 3.17. The summed E-state index contributed by atoms with van der Waals surface area (Å²) < 4.78 is 5.56. The predicted octanol–water partition coefficient (Wildman–Crippen LogP) is 0.0902. The van der Waals surface area contributed by atoms with E-state index in [9.17, 15) is 15.0 Å². The smallest absolute Gasteiger partial charge is 0.252 e. The monoisotopic (exact) mass is 312 g/mol. The summed E-state index contributed by atoms with van der Waals surface area (Å²) in [5.41, 5.74) is 0. The summed E-state index contributed by atoms with van der Waals surface area (Å²) in [5.74, 6) is -0.414. The first kappa shape index (κ1) is 17.4. The number of amides is 1. The van der Waals surface area contributed by atoms with Gasteiger partial charge in [-0.2, -0.15) is 0 Å². The van der Waals surface area contributed by atoms with E-state index in [1.54, 1.807) is 6.08 Å². The molecule has 1 heterocycles. The molecule has 126 valence electrons. The van der Waals surface area contributed by atoms with Crippen molar-refractivity contribution in [2.45, 2.75) is 69.0 Å². The van der Waals surface area contributed by atoms with Gasteiger partial charge in [0.05, 0.1) is 6.10 Å². The minimum absolute atomic E-state index is 0.312. The Bertz CT molecular complexity index is 369. The van der Waals surface area contributed by atoms with Crippen LogP contribution in [0.5, 0.6) is 0 Å². The van der Waals surface area contributed by atoms with Crippen LogP contribution in [-0.2, 0) is 9.53 Å². The summed E-state index contributed by atoms with van der Waals surface area (Å²) >= 11 is 0. The fraction of sp³-hybridized carbons (Fsp3) is 0.812. The van der Waals surface area contributed by atoms with E-state index >= 15 is 0 Å². The van der Waals surface area contributed by atoms with Gasteiger partial charge in [-0.25, -0.2) is 0 Å². The first-order valence-electron chi connectivity index (χ1n) is 8.27. The topological polar surface area (TPSA) is 90.8 Å². The van der Waals surface area contributed by atoms with Crippen LogP contribution in [0.15, 0.2) is 12.7 Å². The maximum atomic E-state index is 11.9. The molecule has 2 rings (SSSR count). The van der Waals surface area contributed by atoms with Gasteiger partial charge >= 0.3 is 0 Å². The lowest BCUT2D eigenvalue weighted by Crippen LogP contribution is -2.43. The van der Waals surface area contributed by atoms with Crippen LogP contribution < -0.4 is 10.6 Å². The molecule has 22 heavy (non-hydrogen) atoms. The summed E-state index contributed by atoms with van der Waals surface area (Å²) in [5, 5.41) is 26.1. The zero-order chi connectivity index (χ0) is 15.9. The number of hydrogen-bond acceptors (Lipinski definition) is 5. The van der Waals surface area contributed by atoms with Gasteiger partial charge in [0.25, 0.3) is 5.91 Å². The quantitative estimate of drug-likeness (QED) is 0.412. The van der Waals surface area contributed by atoms with Gasteiger partial charge in [-0.3, -0.25) is 4.79 Å². The molecule has 4 atom stereocenters. The number of ether oxygens (including phenoxy) is 1. The number of hydrogen-bond donors (Lipinski definition) is 4. The van der Waals surface area contributed by atoms with E-state index in [0.29, 0.717) is 19.1 Å². The standard InChI is InChI=1S/C16H28N2O4/c1-2-9-17-16(21)15-14(20)13(19)12(22-15)10-18-11-7-5-3-4-6-8-11/h2,11-15,18-20H,1,3-10H2,(H,17,21)/t12-,13-,14+,15+/m1/s1. The lowest BCUT2D eigenvalue weighted by atomic mass is 10.1. The van der Waals surface area contributed by atoms with Crippen LogP contribution in [0.4, 0.5) is 0 Å².